The van der Waals surface area contributed by atoms with Crippen LogP contribution in [0.2, 0.25) is 0 Å². The predicted octanol–water partition coefficient (Wildman–Crippen LogP) is 2.64. The third-order valence-corrected chi connectivity index (χ3v) is 4.12. The number of aromatic nitrogens is 2. The second kappa shape index (κ2) is 6.37. The first-order valence-electron chi connectivity index (χ1n) is 6.90. The molecule has 0 bridgehead atoms. The maximum absolute atomic E-state index is 9.09. The van der Waals surface area contributed by atoms with Gasteiger partial charge in [0.25, 0.3) is 0 Å². The van der Waals surface area contributed by atoms with Crippen molar-refractivity contribution in [3.63, 3.8) is 0 Å². The number of thiophene rings is 1. The van der Waals surface area contributed by atoms with Gasteiger partial charge in [0, 0.05) is 31.1 Å². The standard InChI is InChI=1S/C14H22N4OS/c1-9(2)18(6-5-7-19)12-11-8-10(3)20-13(11)17-14(15-4)16-12/h8-9,19H,5-7H2,1-4H3,(H,15,16,17). The number of fused-ring (bicyclic) bond motifs is 1. The van der Waals surface area contributed by atoms with Gasteiger partial charge in [0.1, 0.15) is 10.6 Å². The summed E-state index contributed by atoms with van der Waals surface area (Å²) in [7, 11) is 1.83. The molecular formula is C14H22N4OS. The number of aliphatic hydroxyl groups is 1. The maximum atomic E-state index is 9.09. The lowest BCUT2D eigenvalue weighted by Crippen LogP contribution is -2.33. The number of hydrogen-bond donors (Lipinski definition) is 2. The van der Waals surface area contributed by atoms with Gasteiger partial charge in [-0.3, -0.25) is 0 Å². The van der Waals surface area contributed by atoms with Gasteiger partial charge in [-0.05, 0) is 33.3 Å². The third-order valence-electron chi connectivity index (χ3n) is 3.17. The first-order valence-corrected chi connectivity index (χ1v) is 7.72. The van der Waals surface area contributed by atoms with Crippen LogP contribution in [0.15, 0.2) is 6.07 Å². The first-order chi connectivity index (χ1) is 9.56. The Balaban J connectivity index is 2.53. The van der Waals surface area contributed by atoms with E-state index in [-0.39, 0.29) is 6.61 Å². The Morgan fingerprint density at radius 1 is 1.40 bits per heavy atom. The molecule has 2 aromatic rings. The van der Waals surface area contributed by atoms with E-state index in [4.69, 9.17) is 5.11 Å². The summed E-state index contributed by atoms with van der Waals surface area (Å²) in [5.41, 5.74) is 0. The number of hydrogen-bond acceptors (Lipinski definition) is 6. The summed E-state index contributed by atoms with van der Waals surface area (Å²) >= 11 is 1.68. The number of aliphatic hydroxyl groups excluding tert-OH is 1. The zero-order valence-corrected chi connectivity index (χ0v) is 13.3. The molecule has 0 fully saturated rings. The van der Waals surface area contributed by atoms with Crippen LogP contribution >= 0.6 is 11.3 Å². The predicted molar refractivity (Wildman–Crippen MR) is 85.9 cm³/mol. The summed E-state index contributed by atoms with van der Waals surface area (Å²) in [6.07, 6.45) is 0.738. The van der Waals surface area contributed by atoms with Crippen molar-refractivity contribution in [3.05, 3.63) is 10.9 Å². The zero-order chi connectivity index (χ0) is 14.7. The van der Waals surface area contributed by atoms with E-state index in [9.17, 15) is 0 Å². The highest BCUT2D eigenvalue weighted by molar-refractivity contribution is 7.18. The van der Waals surface area contributed by atoms with Crippen molar-refractivity contribution in [2.24, 2.45) is 0 Å². The molecule has 2 rings (SSSR count). The van der Waals surface area contributed by atoms with E-state index in [1.807, 2.05) is 7.05 Å². The monoisotopic (exact) mass is 294 g/mol. The molecule has 6 heteroatoms. The van der Waals surface area contributed by atoms with E-state index in [1.54, 1.807) is 11.3 Å². The smallest absolute Gasteiger partial charge is 0.225 e. The fourth-order valence-electron chi connectivity index (χ4n) is 2.21. The molecule has 110 valence electrons. The molecule has 2 N–H and O–H groups in total. The Bertz CT molecular complexity index is 582. The molecule has 2 aromatic heterocycles. The van der Waals surface area contributed by atoms with Gasteiger partial charge in [-0.2, -0.15) is 4.98 Å². The van der Waals surface area contributed by atoms with E-state index in [0.29, 0.717) is 12.0 Å². The van der Waals surface area contributed by atoms with Gasteiger partial charge in [0.2, 0.25) is 5.95 Å². The molecule has 0 radical (unpaired) electrons. The van der Waals surface area contributed by atoms with Crippen molar-refractivity contribution in [1.29, 1.82) is 0 Å². The topological polar surface area (TPSA) is 61.3 Å². The van der Waals surface area contributed by atoms with Crippen molar-refractivity contribution in [1.82, 2.24) is 9.97 Å². The van der Waals surface area contributed by atoms with E-state index in [2.05, 4.69) is 47.0 Å². The second-order valence-corrected chi connectivity index (χ2v) is 6.30. The molecule has 0 aliphatic carbocycles. The van der Waals surface area contributed by atoms with Crippen LogP contribution in [0, 0.1) is 6.92 Å². The van der Waals surface area contributed by atoms with Crippen LogP contribution in [0.1, 0.15) is 25.1 Å². The van der Waals surface area contributed by atoms with Gasteiger partial charge in [0.15, 0.2) is 0 Å². The fourth-order valence-corrected chi connectivity index (χ4v) is 3.08. The molecule has 2 heterocycles. The molecule has 0 aliphatic heterocycles. The van der Waals surface area contributed by atoms with E-state index < -0.39 is 0 Å². The number of nitrogens with zero attached hydrogens (tertiary/aromatic N) is 3. The molecule has 0 aromatic carbocycles. The number of aryl methyl sites for hydroxylation is 1. The minimum Gasteiger partial charge on any atom is -0.396 e. The average molecular weight is 294 g/mol. The highest BCUT2D eigenvalue weighted by atomic mass is 32.1. The lowest BCUT2D eigenvalue weighted by atomic mass is 10.2. The van der Waals surface area contributed by atoms with Crippen molar-refractivity contribution in [3.8, 4) is 0 Å². The minimum atomic E-state index is 0.193. The average Bonchev–Trinajstić information content (AvgIpc) is 2.78. The van der Waals surface area contributed by atoms with Crippen molar-refractivity contribution in [2.45, 2.75) is 33.2 Å². The summed E-state index contributed by atoms with van der Waals surface area (Å²) in [5.74, 6) is 1.59. The molecule has 0 aliphatic rings. The Morgan fingerprint density at radius 2 is 2.15 bits per heavy atom. The molecular weight excluding hydrogens is 272 g/mol. The largest absolute Gasteiger partial charge is 0.396 e. The lowest BCUT2D eigenvalue weighted by molar-refractivity contribution is 0.288. The first kappa shape index (κ1) is 15.0. The Kier molecular flexibility index (Phi) is 4.77. The van der Waals surface area contributed by atoms with Gasteiger partial charge in [-0.1, -0.05) is 0 Å². The lowest BCUT2D eigenvalue weighted by Gasteiger charge is -2.28. The van der Waals surface area contributed by atoms with Crippen LogP contribution in [0.4, 0.5) is 11.8 Å². The quantitative estimate of drug-likeness (QED) is 0.857. The molecule has 0 saturated heterocycles. The van der Waals surface area contributed by atoms with Crippen LogP contribution in [-0.4, -0.2) is 41.3 Å². The Hall–Kier alpha value is -1.40. The highest BCUT2D eigenvalue weighted by Gasteiger charge is 2.18. The molecule has 0 amide bonds. The van der Waals surface area contributed by atoms with Gasteiger partial charge in [-0.15, -0.1) is 11.3 Å². The zero-order valence-electron chi connectivity index (χ0n) is 12.5. The second-order valence-electron chi connectivity index (χ2n) is 5.06. The van der Waals surface area contributed by atoms with Gasteiger partial charge < -0.3 is 15.3 Å². The summed E-state index contributed by atoms with van der Waals surface area (Å²) in [6.45, 7) is 7.35. The van der Waals surface area contributed by atoms with Gasteiger partial charge in [-0.25, -0.2) is 4.98 Å². The van der Waals surface area contributed by atoms with Crippen molar-refractivity contribution in [2.75, 3.05) is 30.4 Å². The number of anilines is 2. The van der Waals surface area contributed by atoms with E-state index >= 15 is 0 Å². The third kappa shape index (κ3) is 3.02. The summed E-state index contributed by atoms with van der Waals surface area (Å²) in [6, 6.07) is 2.47. The van der Waals surface area contributed by atoms with Crippen LogP contribution in [-0.2, 0) is 0 Å². The Labute approximate surface area is 123 Å². The molecule has 0 atom stereocenters. The van der Waals surface area contributed by atoms with E-state index in [0.717, 1.165) is 29.0 Å². The number of nitrogens with one attached hydrogen (secondary N) is 1. The normalized spacial score (nSPS) is 11.3. The van der Waals surface area contributed by atoms with Gasteiger partial charge in [0.05, 0.1) is 5.39 Å². The minimum absolute atomic E-state index is 0.193. The summed E-state index contributed by atoms with van der Waals surface area (Å²) in [4.78, 5) is 13.6. The molecule has 20 heavy (non-hydrogen) atoms. The van der Waals surface area contributed by atoms with Crippen molar-refractivity contribution >= 4 is 33.3 Å². The summed E-state index contributed by atoms with van der Waals surface area (Å²) in [5, 5.41) is 13.2. The molecule has 0 saturated carbocycles. The van der Waals surface area contributed by atoms with E-state index in [1.165, 1.54) is 4.88 Å². The van der Waals surface area contributed by atoms with Crippen molar-refractivity contribution < 1.29 is 5.11 Å². The number of rotatable bonds is 6. The molecule has 0 spiro atoms. The molecule has 5 nitrogen and oxygen atoms in total. The molecule has 0 unspecified atom stereocenters. The van der Waals surface area contributed by atoms with Crippen LogP contribution in [0.3, 0.4) is 0 Å². The Morgan fingerprint density at radius 3 is 2.75 bits per heavy atom. The highest BCUT2D eigenvalue weighted by Crippen LogP contribution is 2.32. The summed E-state index contributed by atoms with van der Waals surface area (Å²) < 4.78 is 0. The fraction of sp³-hybridized carbons (Fsp3) is 0.571. The SMILES string of the molecule is CNc1nc(N(CCCO)C(C)C)c2cc(C)sc2n1. The van der Waals surface area contributed by atoms with Gasteiger partial charge >= 0.3 is 0 Å². The van der Waals surface area contributed by atoms with Crippen LogP contribution in [0.25, 0.3) is 10.2 Å². The van der Waals surface area contributed by atoms with Crippen LogP contribution in [0.5, 0.6) is 0 Å². The van der Waals surface area contributed by atoms with Crippen LogP contribution < -0.4 is 10.2 Å². The maximum Gasteiger partial charge on any atom is 0.225 e.